The Morgan fingerprint density at radius 2 is 1.79 bits per heavy atom. The van der Waals surface area contributed by atoms with Gasteiger partial charge in [-0.25, -0.2) is 8.78 Å². The van der Waals surface area contributed by atoms with Crippen LogP contribution in [0.25, 0.3) is 0 Å². The van der Waals surface area contributed by atoms with Crippen molar-refractivity contribution < 1.29 is 23.5 Å². The third-order valence-corrected chi connectivity index (χ3v) is 4.32. The summed E-state index contributed by atoms with van der Waals surface area (Å²) in [7, 11) is 0. The number of carbonyl (C=O) groups excluding carboxylic acids is 2. The smallest absolute Gasteiger partial charge is 0.269 e. The number of halogens is 3. The fourth-order valence-electron chi connectivity index (χ4n) is 2.54. The van der Waals surface area contributed by atoms with Gasteiger partial charge in [0.15, 0.2) is 17.5 Å². The number of aliphatic hydroxyl groups is 1. The van der Waals surface area contributed by atoms with Crippen LogP contribution in [0.4, 0.5) is 14.6 Å². The molecule has 0 saturated carbocycles. The number of aliphatic hydroxyl groups excluding tert-OH is 1. The minimum absolute atomic E-state index is 0.0195. The van der Waals surface area contributed by atoms with Gasteiger partial charge in [0.25, 0.3) is 11.8 Å². The number of aromatic amines is 1. The number of hydrogen-bond acceptors (Lipinski definition) is 4. The molecule has 1 aromatic heterocycles. The number of nitrogens with one attached hydrogen (secondary N) is 3. The Morgan fingerprint density at radius 3 is 2.48 bits per heavy atom. The van der Waals surface area contributed by atoms with Crippen LogP contribution < -0.4 is 10.6 Å². The number of anilines is 1. The van der Waals surface area contributed by atoms with Gasteiger partial charge in [-0.15, -0.1) is 0 Å². The number of carbonyl (C=O) groups is 2. The van der Waals surface area contributed by atoms with Crippen molar-refractivity contribution in [2.45, 2.75) is 6.04 Å². The lowest BCUT2D eigenvalue weighted by molar-refractivity contribution is 0.0910. The average Bonchev–Trinajstić information content (AvgIpc) is 3.18. The van der Waals surface area contributed by atoms with Crippen LogP contribution in [-0.2, 0) is 0 Å². The third-order valence-electron chi connectivity index (χ3n) is 4.01. The molecule has 0 aliphatic heterocycles. The molecule has 3 aromatic rings. The number of hydrogen-bond donors (Lipinski definition) is 4. The first-order valence-electron chi connectivity index (χ1n) is 8.37. The highest BCUT2D eigenvalue weighted by Crippen LogP contribution is 2.21. The first kappa shape index (κ1) is 20.4. The van der Waals surface area contributed by atoms with Crippen molar-refractivity contribution in [1.82, 2.24) is 15.5 Å². The Hall–Kier alpha value is -3.30. The van der Waals surface area contributed by atoms with Gasteiger partial charge in [-0.3, -0.25) is 14.7 Å². The Morgan fingerprint density at radius 1 is 1.10 bits per heavy atom. The van der Waals surface area contributed by atoms with Gasteiger partial charge < -0.3 is 15.7 Å². The summed E-state index contributed by atoms with van der Waals surface area (Å²) in [5, 5.41) is 20.5. The van der Waals surface area contributed by atoms with Crippen molar-refractivity contribution in [3.8, 4) is 0 Å². The summed E-state index contributed by atoms with van der Waals surface area (Å²) < 4.78 is 26.5. The van der Waals surface area contributed by atoms with Crippen LogP contribution in [0.15, 0.2) is 48.5 Å². The molecule has 2 amide bonds. The summed E-state index contributed by atoms with van der Waals surface area (Å²) in [5.74, 6) is -3.82. The SMILES string of the molecule is O=C(N[C@@H](CO)c1ccccc1)c1cc(NC(=O)c2cc(F)c(F)cc2Cl)n[nH]1. The molecule has 1 atom stereocenters. The molecule has 0 unspecified atom stereocenters. The molecular formula is C19H15ClF2N4O3. The summed E-state index contributed by atoms with van der Waals surface area (Å²) in [6.07, 6.45) is 0. The van der Waals surface area contributed by atoms with Gasteiger partial charge in [0.05, 0.1) is 23.2 Å². The van der Waals surface area contributed by atoms with Crippen molar-refractivity contribution in [2.75, 3.05) is 11.9 Å². The van der Waals surface area contributed by atoms with E-state index >= 15 is 0 Å². The topological polar surface area (TPSA) is 107 Å². The number of nitrogens with zero attached hydrogens (tertiary/aromatic N) is 1. The van der Waals surface area contributed by atoms with Crippen LogP contribution in [0.1, 0.15) is 32.5 Å². The Kier molecular flexibility index (Phi) is 6.20. The number of H-pyrrole nitrogens is 1. The Labute approximate surface area is 168 Å². The summed E-state index contributed by atoms with van der Waals surface area (Å²) in [6.45, 7) is -0.317. The van der Waals surface area contributed by atoms with Gasteiger partial charge in [-0.2, -0.15) is 5.10 Å². The average molecular weight is 421 g/mol. The lowest BCUT2D eigenvalue weighted by Crippen LogP contribution is -2.31. The molecular weight excluding hydrogens is 406 g/mol. The Balaban J connectivity index is 1.69. The molecule has 0 radical (unpaired) electrons. The number of amides is 2. The third kappa shape index (κ3) is 4.76. The van der Waals surface area contributed by atoms with Crippen molar-refractivity contribution in [3.05, 3.63) is 82.0 Å². The maximum atomic E-state index is 13.4. The second-order valence-corrected chi connectivity index (χ2v) is 6.39. The van der Waals surface area contributed by atoms with E-state index in [0.717, 1.165) is 0 Å². The highest BCUT2D eigenvalue weighted by Gasteiger charge is 2.19. The lowest BCUT2D eigenvalue weighted by atomic mass is 10.1. The zero-order valence-corrected chi connectivity index (χ0v) is 15.5. The Bertz CT molecular complexity index is 1040. The first-order chi connectivity index (χ1) is 13.9. The predicted molar refractivity (Wildman–Crippen MR) is 102 cm³/mol. The molecule has 7 nitrogen and oxygen atoms in total. The van der Waals surface area contributed by atoms with Gasteiger partial charge in [0, 0.05) is 6.07 Å². The maximum Gasteiger partial charge on any atom is 0.269 e. The van der Waals surface area contributed by atoms with E-state index in [1.54, 1.807) is 24.3 Å². The van der Waals surface area contributed by atoms with E-state index in [1.165, 1.54) is 6.07 Å². The molecule has 3 rings (SSSR count). The molecule has 29 heavy (non-hydrogen) atoms. The van der Waals surface area contributed by atoms with E-state index in [-0.39, 0.29) is 28.7 Å². The molecule has 0 aliphatic rings. The van der Waals surface area contributed by atoms with Crippen LogP contribution >= 0.6 is 11.6 Å². The first-order valence-corrected chi connectivity index (χ1v) is 8.74. The lowest BCUT2D eigenvalue weighted by Gasteiger charge is -2.15. The van der Waals surface area contributed by atoms with Crippen LogP contribution in [0.2, 0.25) is 5.02 Å². The van der Waals surface area contributed by atoms with E-state index < -0.39 is 29.5 Å². The minimum Gasteiger partial charge on any atom is -0.394 e. The number of benzene rings is 2. The fraction of sp³-hybridized carbons (Fsp3) is 0.105. The second-order valence-electron chi connectivity index (χ2n) is 5.99. The van der Waals surface area contributed by atoms with Crippen molar-refractivity contribution in [3.63, 3.8) is 0 Å². The summed E-state index contributed by atoms with van der Waals surface area (Å²) in [6, 6.07) is 10.8. The monoisotopic (exact) mass is 420 g/mol. The van der Waals surface area contributed by atoms with Gasteiger partial charge in [-0.1, -0.05) is 41.9 Å². The number of aromatic nitrogens is 2. The van der Waals surface area contributed by atoms with E-state index in [2.05, 4.69) is 20.8 Å². The summed E-state index contributed by atoms with van der Waals surface area (Å²) in [5.41, 5.74) is 0.444. The number of rotatable bonds is 6. The minimum atomic E-state index is -1.22. The molecule has 10 heteroatoms. The molecule has 4 N–H and O–H groups in total. The van der Waals surface area contributed by atoms with E-state index in [0.29, 0.717) is 17.7 Å². The highest BCUT2D eigenvalue weighted by atomic mass is 35.5. The maximum absolute atomic E-state index is 13.4. The van der Waals surface area contributed by atoms with Crippen molar-refractivity contribution >= 4 is 29.2 Å². The highest BCUT2D eigenvalue weighted by molar-refractivity contribution is 6.34. The largest absolute Gasteiger partial charge is 0.394 e. The standard InChI is InChI=1S/C19H15ClF2N4O3/c20-12-7-14(22)13(21)6-11(12)18(28)24-17-8-15(25-26-17)19(29)23-16(9-27)10-4-2-1-3-5-10/h1-8,16,27H,9H2,(H,23,29)(H2,24,25,26,28)/t16-/m0/s1. The van der Waals surface area contributed by atoms with E-state index in [9.17, 15) is 23.5 Å². The molecule has 0 spiro atoms. The summed E-state index contributed by atoms with van der Waals surface area (Å²) in [4.78, 5) is 24.6. The molecule has 0 fully saturated rings. The van der Waals surface area contributed by atoms with Gasteiger partial charge in [0.1, 0.15) is 5.69 Å². The van der Waals surface area contributed by atoms with Crippen LogP contribution in [0, 0.1) is 11.6 Å². The second kappa shape index (κ2) is 8.80. The molecule has 150 valence electrons. The van der Waals surface area contributed by atoms with E-state index in [4.69, 9.17) is 11.6 Å². The van der Waals surface area contributed by atoms with Crippen molar-refractivity contribution in [2.24, 2.45) is 0 Å². The fourth-order valence-corrected chi connectivity index (χ4v) is 2.77. The van der Waals surface area contributed by atoms with Crippen LogP contribution in [0.3, 0.4) is 0 Å². The molecule has 0 aliphatic carbocycles. The van der Waals surface area contributed by atoms with Crippen LogP contribution in [0.5, 0.6) is 0 Å². The quantitative estimate of drug-likeness (QED) is 0.460. The van der Waals surface area contributed by atoms with Gasteiger partial charge in [-0.05, 0) is 17.7 Å². The van der Waals surface area contributed by atoms with Crippen molar-refractivity contribution in [1.29, 1.82) is 0 Å². The predicted octanol–water partition coefficient (Wildman–Crippen LogP) is 3.06. The zero-order chi connectivity index (χ0) is 21.0. The van der Waals surface area contributed by atoms with E-state index in [1.807, 2.05) is 6.07 Å². The van der Waals surface area contributed by atoms with Gasteiger partial charge in [0.2, 0.25) is 0 Å². The molecule has 2 aromatic carbocycles. The summed E-state index contributed by atoms with van der Waals surface area (Å²) >= 11 is 5.77. The van der Waals surface area contributed by atoms with Crippen LogP contribution in [-0.4, -0.2) is 33.7 Å². The molecule has 1 heterocycles. The zero-order valence-electron chi connectivity index (χ0n) is 14.7. The van der Waals surface area contributed by atoms with Gasteiger partial charge >= 0.3 is 0 Å². The normalized spacial score (nSPS) is 11.7. The molecule has 0 saturated heterocycles. The molecule has 0 bridgehead atoms.